The maximum Gasteiger partial charge on any atom is 0.481 e. The number of Topliss-reactive ketones (excluding diaryl/α,β-unsaturated/α-hetero) is 1. The van der Waals surface area contributed by atoms with E-state index < -0.39 is 102 Å². The molecule has 4 saturated carbocycles. The maximum atomic E-state index is 13.0. The summed E-state index contributed by atoms with van der Waals surface area (Å²) in [5, 5.41) is 50.1. The summed E-state index contributed by atoms with van der Waals surface area (Å²) in [5.74, 6) is -0.0657. The highest BCUT2D eigenvalue weighted by atomic mass is 32.2. The second-order valence-corrected chi connectivity index (χ2v) is 27.5. The minimum Gasteiger partial charge on any atom is -0.393 e. The van der Waals surface area contributed by atoms with E-state index in [1.54, 1.807) is 0 Å². The number of amides is 2. The van der Waals surface area contributed by atoms with Crippen molar-refractivity contribution >= 4 is 74.9 Å². The second-order valence-electron chi connectivity index (χ2n) is 22.1. The van der Waals surface area contributed by atoms with Crippen LogP contribution in [-0.2, 0) is 55.5 Å². The van der Waals surface area contributed by atoms with E-state index in [1.807, 2.05) is 0 Å². The number of nitrogens with one attached hydrogen (secondary N) is 2. The van der Waals surface area contributed by atoms with Crippen molar-refractivity contribution in [3.8, 4) is 0 Å². The number of hydrogen-bond donors (Lipinski definition) is 11. The van der Waals surface area contributed by atoms with Crippen LogP contribution in [0.2, 0.25) is 0 Å². The monoisotopic (exact) mass is 1160 g/mol. The number of phosphoric acid groups is 3. The number of imidazole rings is 1. The van der Waals surface area contributed by atoms with Crippen molar-refractivity contribution in [2.45, 2.75) is 142 Å². The first-order valence-electron chi connectivity index (χ1n) is 25.3. The van der Waals surface area contributed by atoms with E-state index in [-0.39, 0.29) is 88.3 Å². The standard InChI is InChI=1S/C45H72N7O20P3S/c1-23(26-7-8-27-34-28(18-31(55)45(26,27)5)44(4)12-10-25(53)16-24(44)17-29(34)54)6-9-33(57)76-15-14-47-32(56)11-13-48-41(60)38(59)43(2,3)20-69-75(66,67)72-74(64,65)68-19-30-37(71-73(61,62)63)36(58)42(70-30)52-22-51-35-39(46)49-21-50-40(35)52/h21-24,26-31,34,36-38,42,54-55,58-59H,6-20H2,1-5H3,(H,47,56)(H,48,60)(H,64,65)(H,66,67)(H2,46,49,50)(H2,61,62,63). The Labute approximate surface area is 443 Å². The average molecular weight is 1160 g/mol. The number of ether oxygens (including phenoxy) is 1. The number of aliphatic hydroxyl groups is 4. The van der Waals surface area contributed by atoms with Crippen LogP contribution in [0.5, 0.6) is 0 Å². The third-order valence-electron chi connectivity index (χ3n) is 16.9. The Morgan fingerprint density at radius 1 is 0.987 bits per heavy atom. The molecule has 27 nitrogen and oxygen atoms in total. The summed E-state index contributed by atoms with van der Waals surface area (Å²) in [6.07, 6.45) is -2.21. The lowest BCUT2D eigenvalue weighted by molar-refractivity contribution is -0.201. The Balaban J connectivity index is 0.785. The Bertz CT molecular complexity index is 2610. The number of aromatic nitrogens is 4. The predicted molar refractivity (Wildman–Crippen MR) is 268 cm³/mol. The Morgan fingerprint density at radius 2 is 1.70 bits per heavy atom. The minimum absolute atomic E-state index is 0.0235. The number of nitrogens with two attached hydrogens (primary N) is 1. The number of nitrogens with zero attached hydrogens (tertiary/aromatic N) is 4. The molecule has 5 fully saturated rings. The van der Waals surface area contributed by atoms with Gasteiger partial charge in [0.05, 0.1) is 31.7 Å². The lowest BCUT2D eigenvalue weighted by Crippen LogP contribution is -2.62. The van der Waals surface area contributed by atoms with Gasteiger partial charge in [0.2, 0.25) is 11.8 Å². The number of hydrogen-bond acceptors (Lipinski definition) is 21. The highest BCUT2D eigenvalue weighted by Crippen LogP contribution is 2.68. The topological polar surface area (TPSA) is 421 Å². The van der Waals surface area contributed by atoms with E-state index in [2.05, 4.69) is 55.2 Å². The van der Waals surface area contributed by atoms with E-state index in [9.17, 15) is 72.9 Å². The minimum atomic E-state index is -5.61. The average Bonchev–Trinajstić information content (AvgIpc) is 4.03. The molecule has 12 N–H and O–H groups in total. The number of thioether (sulfide) groups is 1. The first-order valence-corrected chi connectivity index (χ1v) is 30.8. The molecule has 2 aromatic rings. The molecule has 3 heterocycles. The third kappa shape index (κ3) is 13.5. The van der Waals surface area contributed by atoms with Crippen LogP contribution < -0.4 is 16.4 Å². The van der Waals surface area contributed by atoms with Crippen LogP contribution in [0.25, 0.3) is 11.2 Å². The van der Waals surface area contributed by atoms with Gasteiger partial charge in [0.25, 0.3) is 0 Å². The first-order chi connectivity index (χ1) is 35.4. The van der Waals surface area contributed by atoms with Crippen LogP contribution in [0, 0.1) is 51.8 Å². The molecule has 0 bridgehead atoms. The Morgan fingerprint density at radius 3 is 2.41 bits per heavy atom. The van der Waals surface area contributed by atoms with E-state index >= 15 is 0 Å². The van der Waals surface area contributed by atoms with Crippen molar-refractivity contribution in [3.05, 3.63) is 12.7 Å². The molecular formula is C45H72N7O20P3S. The second kappa shape index (κ2) is 23.7. The molecule has 0 aromatic carbocycles. The molecule has 0 radical (unpaired) electrons. The fourth-order valence-electron chi connectivity index (χ4n) is 12.9. The Hall–Kier alpha value is -2.85. The molecule has 1 saturated heterocycles. The van der Waals surface area contributed by atoms with E-state index in [0.717, 1.165) is 48.2 Å². The van der Waals surface area contributed by atoms with Gasteiger partial charge in [0.1, 0.15) is 42.0 Å². The molecule has 1 aliphatic heterocycles. The van der Waals surface area contributed by atoms with Gasteiger partial charge in [-0.1, -0.05) is 46.4 Å². The molecule has 76 heavy (non-hydrogen) atoms. The molecule has 2 amide bonds. The molecule has 4 aliphatic carbocycles. The molecule has 5 aliphatic rings. The number of fused-ring (bicyclic) bond motifs is 6. The molecule has 17 unspecified atom stereocenters. The number of rotatable bonds is 23. The summed E-state index contributed by atoms with van der Waals surface area (Å²) in [7, 11) is -16.5. The molecule has 17 atom stereocenters. The van der Waals surface area contributed by atoms with Crippen molar-refractivity contribution in [2.24, 2.45) is 51.8 Å². The zero-order valence-corrected chi connectivity index (χ0v) is 46.4. The number of phosphoric ester groups is 3. The number of ketones is 1. The van der Waals surface area contributed by atoms with Gasteiger partial charge in [0, 0.05) is 49.9 Å². The van der Waals surface area contributed by atoms with Gasteiger partial charge >= 0.3 is 23.5 Å². The van der Waals surface area contributed by atoms with Crippen molar-refractivity contribution in [2.75, 3.05) is 37.8 Å². The van der Waals surface area contributed by atoms with E-state index in [0.29, 0.717) is 44.3 Å². The summed E-state index contributed by atoms with van der Waals surface area (Å²) in [6.45, 7) is 6.97. The highest BCUT2D eigenvalue weighted by Gasteiger charge is 2.66. The lowest BCUT2D eigenvalue weighted by Gasteiger charge is -2.63. The van der Waals surface area contributed by atoms with Crippen LogP contribution >= 0.6 is 35.2 Å². The normalized spacial score (nSPS) is 34.1. The smallest absolute Gasteiger partial charge is 0.393 e. The van der Waals surface area contributed by atoms with Crippen molar-refractivity contribution in [1.82, 2.24) is 30.2 Å². The van der Waals surface area contributed by atoms with Crippen LogP contribution in [0.4, 0.5) is 5.82 Å². The first kappa shape index (κ1) is 60.8. The number of carbonyl (C=O) groups excluding carboxylic acids is 4. The van der Waals surface area contributed by atoms with Gasteiger partial charge in [0.15, 0.2) is 22.8 Å². The number of nitrogen functional groups attached to an aromatic ring is 1. The molecule has 31 heteroatoms. The van der Waals surface area contributed by atoms with Crippen molar-refractivity contribution in [1.29, 1.82) is 0 Å². The zero-order valence-electron chi connectivity index (χ0n) is 42.9. The summed E-state index contributed by atoms with van der Waals surface area (Å²) in [5.41, 5.74) is 3.78. The van der Waals surface area contributed by atoms with Crippen LogP contribution in [0.15, 0.2) is 12.7 Å². The maximum absolute atomic E-state index is 13.0. The van der Waals surface area contributed by atoms with Crippen LogP contribution in [-0.4, -0.2) is 151 Å². The van der Waals surface area contributed by atoms with Gasteiger partial charge in [-0.05, 0) is 84.9 Å². The third-order valence-corrected chi connectivity index (χ3v) is 21.0. The van der Waals surface area contributed by atoms with Crippen LogP contribution in [0.1, 0.15) is 105 Å². The van der Waals surface area contributed by atoms with E-state index in [4.69, 9.17) is 19.5 Å². The fourth-order valence-corrected chi connectivity index (χ4v) is 16.4. The SMILES string of the molecule is CC(CCC(=O)SCCNC(=O)CCNC(=O)C(O)C(C)(C)COP(=O)(O)OP(=O)(O)OCC1OC(n2cnc3c(N)ncnc32)C(O)C1OP(=O)(O)O)C1CCC2C3C(O)CC4CC(=O)CCC4(C)C3CC(O)C12C. The summed E-state index contributed by atoms with van der Waals surface area (Å²) < 4.78 is 62.7. The zero-order chi connectivity index (χ0) is 55.9. The van der Waals surface area contributed by atoms with Gasteiger partial charge in [-0.3, -0.25) is 37.3 Å². The highest BCUT2D eigenvalue weighted by molar-refractivity contribution is 8.13. The summed E-state index contributed by atoms with van der Waals surface area (Å²) in [6, 6.07) is 0. The van der Waals surface area contributed by atoms with Gasteiger partial charge in [-0.2, -0.15) is 4.31 Å². The van der Waals surface area contributed by atoms with Gasteiger partial charge in [-0.15, -0.1) is 0 Å². The molecule has 428 valence electrons. The quantitative estimate of drug-likeness (QED) is 0.0561. The van der Waals surface area contributed by atoms with Crippen LogP contribution in [0.3, 0.4) is 0 Å². The van der Waals surface area contributed by atoms with Gasteiger partial charge in [-0.25, -0.2) is 28.6 Å². The molecular weight excluding hydrogens is 1080 g/mol. The fraction of sp³-hybridized carbons (Fsp3) is 0.800. The van der Waals surface area contributed by atoms with E-state index in [1.165, 1.54) is 13.8 Å². The molecule has 7 rings (SSSR count). The number of carbonyl (C=O) groups is 4. The van der Waals surface area contributed by atoms with Crippen molar-refractivity contribution in [3.63, 3.8) is 0 Å². The van der Waals surface area contributed by atoms with Crippen molar-refractivity contribution < 1.29 is 95.5 Å². The molecule has 0 spiro atoms. The number of aliphatic hydroxyl groups excluding tert-OH is 4. The lowest BCUT2D eigenvalue weighted by atomic mass is 9.43. The summed E-state index contributed by atoms with van der Waals surface area (Å²) >= 11 is 1.10. The van der Waals surface area contributed by atoms with Gasteiger partial charge < -0.3 is 61.1 Å². The summed E-state index contributed by atoms with van der Waals surface area (Å²) in [4.78, 5) is 102. The molecule has 2 aromatic heterocycles. The largest absolute Gasteiger partial charge is 0.481 e. The Kier molecular flexibility index (Phi) is 19.0. The predicted octanol–water partition coefficient (Wildman–Crippen LogP) is 2.25. The number of anilines is 1.